The highest BCUT2D eigenvalue weighted by Gasteiger charge is 2.52. The van der Waals surface area contributed by atoms with E-state index in [1.807, 2.05) is 95.3 Å². The Hall–Kier alpha value is -4.82. The molecule has 0 spiro atoms. The van der Waals surface area contributed by atoms with Gasteiger partial charge in [0, 0.05) is 31.7 Å². The number of nitrogens with one attached hydrogen (secondary N) is 3. The summed E-state index contributed by atoms with van der Waals surface area (Å²) in [5.74, 6) is -2.74. The number of hydrazine groups is 1. The Bertz CT molecular complexity index is 2220. The summed E-state index contributed by atoms with van der Waals surface area (Å²) >= 11 is 0. The van der Waals surface area contributed by atoms with Crippen LogP contribution in [0.2, 0.25) is 18.1 Å². The Morgan fingerprint density at radius 3 is 2.44 bits per heavy atom. The molecule has 2 aromatic rings. The molecule has 5 bridgehead atoms. The number of carbonyl (C=O) groups excluding carboxylic acids is 4. The fourth-order valence-electron chi connectivity index (χ4n) is 9.47. The Morgan fingerprint density at radius 1 is 0.943 bits per heavy atom. The molecule has 3 saturated heterocycles. The van der Waals surface area contributed by atoms with Crippen LogP contribution in [0.3, 0.4) is 0 Å². The fraction of sp³-hybridized carbons (Fsp3) is 0.579. The SMILES string of the molecule is C/C(=C\C=C\CCCCCc1ccccc1)[C@@H]1C/C=C/C=C/[C@@H]2O[C@@]3(C)CC[C@@H](C(=O)N[C@@H](C(C)C)C(=O)N[C@H](Cc4cccc(O[Si](C)(C)C(C)(C)C)c4)C(=O)N4CCC[C@H](N4)C(=O)O1)[C@H](O3)[C@@H]2C. The van der Waals surface area contributed by atoms with Crippen molar-refractivity contribution in [3.05, 3.63) is 114 Å². The van der Waals surface area contributed by atoms with Gasteiger partial charge in [0.15, 0.2) is 5.79 Å². The van der Waals surface area contributed by atoms with Crippen molar-refractivity contribution in [2.75, 3.05) is 6.54 Å². The van der Waals surface area contributed by atoms with Gasteiger partial charge < -0.3 is 29.3 Å². The molecule has 6 rings (SSSR count). The smallest absolute Gasteiger partial charge is 0.325 e. The van der Waals surface area contributed by atoms with Gasteiger partial charge in [0.05, 0.1) is 18.1 Å². The molecule has 3 amide bonds. The summed E-state index contributed by atoms with van der Waals surface area (Å²) in [7, 11) is -2.20. The highest BCUT2D eigenvalue weighted by molar-refractivity contribution is 6.74. The predicted molar refractivity (Wildman–Crippen MR) is 279 cm³/mol. The van der Waals surface area contributed by atoms with Crippen LogP contribution >= 0.6 is 0 Å². The van der Waals surface area contributed by atoms with Gasteiger partial charge >= 0.3 is 5.97 Å². The molecule has 382 valence electrons. The molecule has 3 N–H and O–H groups in total. The summed E-state index contributed by atoms with van der Waals surface area (Å²) in [6, 6.07) is 15.5. The Morgan fingerprint density at radius 2 is 1.70 bits per heavy atom. The van der Waals surface area contributed by atoms with Gasteiger partial charge in [-0.3, -0.25) is 24.2 Å². The second-order valence-electron chi connectivity index (χ2n) is 22.0. The number of aryl methyl sites for hydroxylation is 1. The number of fused-ring (bicyclic) bond motifs is 4. The van der Waals surface area contributed by atoms with Crippen molar-refractivity contribution >= 4 is 32.0 Å². The monoisotopic (exact) mass is 979 g/mol. The maximum Gasteiger partial charge on any atom is 0.325 e. The van der Waals surface area contributed by atoms with E-state index in [0.29, 0.717) is 44.4 Å². The molecule has 0 saturated carbocycles. The van der Waals surface area contributed by atoms with Crippen molar-refractivity contribution in [3.63, 3.8) is 0 Å². The van der Waals surface area contributed by atoms with Crippen molar-refractivity contribution in [1.82, 2.24) is 21.1 Å². The van der Waals surface area contributed by atoms with Crippen molar-refractivity contribution in [2.45, 2.75) is 186 Å². The van der Waals surface area contributed by atoms with E-state index in [1.54, 1.807) is 0 Å². The van der Waals surface area contributed by atoms with Gasteiger partial charge in [-0.15, -0.1) is 0 Å². The standard InChI is InChI=1S/C57H82N4O8Si/c1-39(2)50-53(63)58-47(38-43-29-23-30-44(37-43)69-70(9,10)56(5,6)7)54(64)61-36-24-31-46(60-61)55(65)66-48(40(3)25-17-13-11-12-14-18-26-42-27-19-15-20-28-42)32-21-16-22-33-49-41(4)51-45(52(62)59-50)34-35-57(8,67-49)68-51/h13,15-17,19-23,25,27-30,33,37,39,41,45-51,60H,11-12,14,18,24,26,31-32,34-36,38H2,1-10H3,(H,58,63)(H,59,62)/b17-13+,21-16+,33-22+,40-25+/t41-,45-,46+,47-,48+,49+,50+,51-,57-/m1/s1. The number of hydrogen-bond acceptors (Lipinski definition) is 9. The molecule has 13 heteroatoms. The maximum atomic E-state index is 14.8. The fourth-order valence-corrected chi connectivity index (χ4v) is 10.5. The second kappa shape index (κ2) is 24.5. The Balaban J connectivity index is 1.26. The van der Waals surface area contributed by atoms with Crippen LogP contribution in [0.1, 0.15) is 124 Å². The molecule has 0 aromatic heterocycles. The third-order valence-electron chi connectivity index (χ3n) is 14.9. The zero-order valence-electron chi connectivity index (χ0n) is 43.6. The van der Waals surface area contributed by atoms with Gasteiger partial charge in [-0.25, -0.2) is 5.43 Å². The van der Waals surface area contributed by atoms with Gasteiger partial charge in [-0.1, -0.05) is 133 Å². The lowest BCUT2D eigenvalue weighted by Gasteiger charge is -2.51. The molecule has 0 aliphatic carbocycles. The number of amides is 3. The van der Waals surface area contributed by atoms with Crippen molar-refractivity contribution in [3.8, 4) is 5.75 Å². The van der Waals surface area contributed by atoms with Gasteiger partial charge in [0.25, 0.3) is 5.91 Å². The van der Waals surface area contributed by atoms with E-state index in [4.69, 9.17) is 18.6 Å². The van der Waals surface area contributed by atoms with Crippen LogP contribution in [-0.2, 0) is 46.2 Å². The van der Waals surface area contributed by atoms with Crippen molar-refractivity contribution in [2.24, 2.45) is 17.8 Å². The average molecular weight is 979 g/mol. The lowest BCUT2D eigenvalue weighted by Crippen LogP contribution is -2.63. The molecule has 70 heavy (non-hydrogen) atoms. The summed E-state index contributed by atoms with van der Waals surface area (Å²) in [5, 5.41) is 7.57. The number of carbonyl (C=O) groups is 4. The lowest BCUT2D eigenvalue weighted by molar-refractivity contribution is -0.344. The quantitative estimate of drug-likeness (QED) is 0.0773. The number of hydrogen-bond donors (Lipinski definition) is 3. The van der Waals surface area contributed by atoms with Crippen LogP contribution in [0, 0.1) is 17.8 Å². The van der Waals surface area contributed by atoms with E-state index in [0.717, 1.165) is 43.2 Å². The van der Waals surface area contributed by atoms with Crippen LogP contribution in [0.4, 0.5) is 0 Å². The normalized spacial score (nSPS) is 29.7. The van der Waals surface area contributed by atoms with Gasteiger partial charge in [0.2, 0.25) is 20.1 Å². The summed E-state index contributed by atoms with van der Waals surface area (Å²) in [6.07, 6.45) is 20.8. The van der Waals surface area contributed by atoms with E-state index in [1.165, 1.54) is 10.6 Å². The number of benzene rings is 2. The Kier molecular flexibility index (Phi) is 19.1. The van der Waals surface area contributed by atoms with Gasteiger partial charge in [0.1, 0.15) is 30.0 Å². The number of cyclic esters (lactones) is 1. The molecule has 3 fully saturated rings. The molecule has 4 aliphatic heterocycles. The van der Waals surface area contributed by atoms with E-state index in [2.05, 4.69) is 86.3 Å². The van der Waals surface area contributed by atoms with Crippen LogP contribution < -0.4 is 20.5 Å². The van der Waals surface area contributed by atoms with Crippen LogP contribution in [0.5, 0.6) is 5.75 Å². The molecule has 0 unspecified atom stereocenters. The second-order valence-corrected chi connectivity index (χ2v) is 26.7. The minimum atomic E-state index is -2.20. The molecule has 9 atom stereocenters. The van der Waals surface area contributed by atoms with Gasteiger partial charge in [-0.05, 0) is 112 Å². The highest BCUT2D eigenvalue weighted by atomic mass is 28.4. The van der Waals surface area contributed by atoms with E-state index < -0.39 is 68.1 Å². The topological polar surface area (TPSA) is 145 Å². The number of allylic oxidation sites excluding steroid dienone is 5. The Labute approximate surface area is 419 Å². The first-order chi connectivity index (χ1) is 33.2. The molecule has 4 aliphatic rings. The largest absolute Gasteiger partial charge is 0.543 e. The third kappa shape index (κ3) is 14.9. The number of ether oxygens (including phenoxy) is 3. The molecule has 0 radical (unpaired) electrons. The zero-order valence-corrected chi connectivity index (χ0v) is 44.6. The van der Waals surface area contributed by atoms with Crippen LogP contribution in [0.25, 0.3) is 0 Å². The molecular formula is C57H82N4O8Si. The van der Waals surface area contributed by atoms with E-state index >= 15 is 0 Å². The summed E-state index contributed by atoms with van der Waals surface area (Å²) in [6.45, 7) is 20.9. The maximum absolute atomic E-state index is 14.8. The zero-order chi connectivity index (χ0) is 50.6. The highest BCUT2D eigenvalue weighted by Crippen LogP contribution is 2.44. The number of unbranched alkanes of at least 4 members (excludes halogenated alkanes) is 3. The number of rotatable bonds is 13. The molecular weight excluding hydrogens is 897 g/mol. The third-order valence-corrected chi connectivity index (χ3v) is 19.3. The summed E-state index contributed by atoms with van der Waals surface area (Å²) < 4.78 is 26.0. The average Bonchev–Trinajstić information content (AvgIpc) is 3.31. The van der Waals surface area contributed by atoms with E-state index in [-0.39, 0.29) is 35.3 Å². The lowest BCUT2D eigenvalue weighted by atomic mass is 9.79. The summed E-state index contributed by atoms with van der Waals surface area (Å²) in [4.78, 5) is 57.9. The van der Waals surface area contributed by atoms with Crippen molar-refractivity contribution in [1.29, 1.82) is 0 Å². The first kappa shape index (κ1) is 54.5. The number of esters is 1. The molecule has 12 nitrogen and oxygen atoms in total. The minimum absolute atomic E-state index is 0.0323. The van der Waals surface area contributed by atoms with E-state index in [9.17, 15) is 19.2 Å². The minimum Gasteiger partial charge on any atom is -0.543 e. The molecule has 4 heterocycles. The van der Waals surface area contributed by atoms with Crippen LogP contribution in [0.15, 0.2) is 103 Å². The first-order valence-corrected chi connectivity index (χ1v) is 28.9. The van der Waals surface area contributed by atoms with Crippen molar-refractivity contribution < 1.29 is 37.8 Å². The van der Waals surface area contributed by atoms with Gasteiger partial charge in [-0.2, -0.15) is 0 Å². The number of nitrogens with zero attached hydrogens (tertiary/aromatic N) is 1. The predicted octanol–water partition coefficient (Wildman–Crippen LogP) is 10.0. The summed E-state index contributed by atoms with van der Waals surface area (Å²) in [5.41, 5.74) is 6.26. The first-order valence-electron chi connectivity index (χ1n) is 26.0. The van der Waals surface area contributed by atoms with Crippen LogP contribution in [-0.4, -0.2) is 85.8 Å². The molecule has 2 aromatic carbocycles.